The monoisotopic (exact) mass is 254 g/mol. The highest BCUT2D eigenvalue weighted by Crippen LogP contribution is 2.25. The van der Waals surface area contributed by atoms with Gasteiger partial charge in [-0.05, 0) is 33.9 Å². The first-order valence-corrected chi connectivity index (χ1v) is 6.15. The van der Waals surface area contributed by atoms with Crippen LogP contribution in [-0.2, 0) is 0 Å². The van der Waals surface area contributed by atoms with Crippen molar-refractivity contribution in [3.63, 3.8) is 0 Å². The summed E-state index contributed by atoms with van der Waals surface area (Å²) in [5.41, 5.74) is 5.70. The van der Waals surface area contributed by atoms with Gasteiger partial charge in [-0.2, -0.15) is 0 Å². The van der Waals surface area contributed by atoms with E-state index in [9.17, 15) is 9.50 Å². The molecule has 0 saturated heterocycles. The van der Waals surface area contributed by atoms with E-state index in [-0.39, 0.29) is 17.9 Å². The summed E-state index contributed by atoms with van der Waals surface area (Å²) in [4.78, 5) is 1.89. The van der Waals surface area contributed by atoms with Crippen LogP contribution in [0.1, 0.15) is 32.4 Å². The van der Waals surface area contributed by atoms with Gasteiger partial charge in [-0.1, -0.05) is 18.2 Å². The van der Waals surface area contributed by atoms with E-state index >= 15 is 0 Å². The topological polar surface area (TPSA) is 49.5 Å². The summed E-state index contributed by atoms with van der Waals surface area (Å²) >= 11 is 0. The molecule has 0 saturated carbocycles. The molecule has 4 heteroatoms. The second-order valence-electron chi connectivity index (χ2n) is 5.55. The van der Waals surface area contributed by atoms with Crippen molar-refractivity contribution < 1.29 is 9.50 Å². The van der Waals surface area contributed by atoms with Gasteiger partial charge in [-0.3, -0.25) is 4.90 Å². The van der Waals surface area contributed by atoms with Gasteiger partial charge in [0.15, 0.2) is 0 Å². The van der Waals surface area contributed by atoms with E-state index in [1.165, 1.54) is 6.07 Å². The number of hydrogen-bond donors (Lipinski definition) is 2. The molecule has 102 valence electrons. The fourth-order valence-electron chi connectivity index (χ4n) is 2.35. The van der Waals surface area contributed by atoms with Crippen molar-refractivity contribution >= 4 is 0 Å². The fraction of sp³-hybridized carbons (Fsp3) is 0.571. The van der Waals surface area contributed by atoms with Gasteiger partial charge in [0.05, 0.1) is 11.6 Å². The molecule has 1 rings (SSSR count). The van der Waals surface area contributed by atoms with E-state index in [1.807, 2.05) is 18.9 Å². The molecule has 0 heterocycles. The van der Waals surface area contributed by atoms with Crippen LogP contribution in [0.5, 0.6) is 0 Å². The highest BCUT2D eigenvalue weighted by atomic mass is 19.1. The summed E-state index contributed by atoms with van der Waals surface area (Å²) in [5, 5.41) is 9.86. The number of halogens is 1. The van der Waals surface area contributed by atoms with Crippen molar-refractivity contribution in [2.24, 2.45) is 5.73 Å². The Labute approximate surface area is 108 Å². The number of hydrogen-bond acceptors (Lipinski definition) is 3. The smallest absolute Gasteiger partial charge is 0.128 e. The molecule has 1 aromatic carbocycles. The fourth-order valence-corrected chi connectivity index (χ4v) is 2.35. The molecule has 0 aliphatic rings. The molecule has 0 spiro atoms. The summed E-state index contributed by atoms with van der Waals surface area (Å²) in [5.74, 6) is -0.262. The van der Waals surface area contributed by atoms with Crippen LogP contribution in [0.3, 0.4) is 0 Å². The molecular formula is C14H23FN2O. The predicted octanol–water partition coefficient (Wildman–Crippen LogP) is 1.92. The number of rotatable bonds is 5. The Balaban J connectivity index is 3.00. The highest BCUT2D eigenvalue weighted by Gasteiger charge is 2.27. The second-order valence-corrected chi connectivity index (χ2v) is 5.55. The van der Waals surface area contributed by atoms with Crippen LogP contribution >= 0.6 is 0 Å². The van der Waals surface area contributed by atoms with Crippen molar-refractivity contribution in [1.29, 1.82) is 0 Å². The molecule has 1 aromatic rings. The molecular weight excluding hydrogens is 231 g/mol. The first-order valence-electron chi connectivity index (χ1n) is 6.15. The van der Waals surface area contributed by atoms with Gasteiger partial charge in [0, 0.05) is 18.2 Å². The van der Waals surface area contributed by atoms with Crippen LogP contribution in [0.4, 0.5) is 4.39 Å². The molecule has 0 aliphatic carbocycles. The Morgan fingerprint density at radius 3 is 2.39 bits per heavy atom. The number of nitrogens with zero attached hydrogens (tertiary/aromatic N) is 1. The molecule has 2 atom stereocenters. The van der Waals surface area contributed by atoms with E-state index in [4.69, 9.17) is 5.73 Å². The summed E-state index contributed by atoms with van der Waals surface area (Å²) in [7, 11) is 1.85. The Bertz CT molecular complexity index is 388. The Morgan fingerprint density at radius 1 is 1.39 bits per heavy atom. The van der Waals surface area contributed by atoms with Crippen LogP contribution in [0.15, 0.2) is 24.3 Å². The molecule has 3 nitrogen and oxygen atoms in total. The van der Waals surface area contributed by atoms with Crippen molar-refractivity contribution in [1.82, 2.24) is 4.90 Å². The number of likely N-dealkylation sites (N-methyl/N-ethyl adjacent to an activating group) is 1. The Morgan fingerprint density at radius 2 is 1.94 bits per heavy atom. The van der Waals surface area contributed by atoms with Gasteiger partial charge < -0.3 is 10.8 Å². The van der Waals surface area contributed by atoms with Crippen LogP contribution in [0, 0.1) is 5.82 Å². The molecule has 3 N–H and O–H groups in total. The third-order valence-corrected chi connectivity index (χ3v) is 2.83. The zero-order chi connectivity index (χ0) is 13.9. The van der Waals surface area contributed by atoms with Crippen molar-refractivity contribution in [3.8, 4) is 0 Å². The van der Waals surface area contributed by atoms with E-state index in [2.05, 4.69) is 0 Å². The first-order chi connectivity index (χ1) is 8.22. The minimum absolute atomic E-state index is 0.228. The molecule has 0 amide bonds. The molecule has 18 heavy (non-hydrogen) atoms. The van der Waals surface area contributed by atoms with Crippen LogP contribution < -0.4 is 5.73 Å². The van der Waals surface area contributed by atoms with E-state index in [0.717, 1.165) is 0 Å². The normalized spacial score (nSPS) is 15.8. The quantitative estimate of drug-likeness (QED) is 0.844. The molecule has 0 radical (unpaired) electrons. The van der Waals surface area contributed by atoms with E-state index < -0.39 is 5.60 Å². The highest BCUT2D eigenvalue weighted by molar-refractivity contribution is 5.22. The largest absolute Gasteiger partial charge is 0.389 e. The lowest BCUT2D eigenvalue weighted by atomic mass is 9.97. The lowest BCUT2D eigenvalue weighted by molar-refractivity contribution is 0.0272. The Kier molecular flexibility index (Phi) is 4.85. The van der Waals surface area contributed by atoms with Gasteiger partial charge in [0.2, 0.25) is 0 Å². The van der Waals surface area contributed by atoms with Gasteiger partial charge in [-0.25, -0.2) is 4.39 Å². The number of benzene rings is 1. The summed E-state index contributed by atoms with van der Waals surface area (Å²) in [6, 6.07) is 6.15. The van der Waals surface area contributed by atoms with Crippen LogP contribution in [0.2, 0.25) is 0 Å². The maximum Gasteiger partial charge on any atom is 0.128 e. The van der Waals surface area contributed by atoms with Crippen LogP contribution in [0.25, 0.3) is 0 Å². The summed E-state index contributed by atoms with van der Waals surface area (Å²) < 4.78 is 13.8. The van der Waals surface area contributed by atoms with Gasteiger partial charge in [0.1, 0.15) is 5.82 Å². The molecule has 0 bridgehead atoms. The lowest BCUT2D eigenvalue weighted by Crippen LogP contribution is -2.44. The van der Waals surface area contributed by atoms with Gasteiger partial charge in [0.25, 0.3) is 0 Å². The maximum atomic E-state index is 13.8. The number of nitrogens with two attached hydrogens (primary N) is 1. The van der Waals surface area contributed by atoms with Crippen molar-refractivity contribution in [2.75, 3.05) is 13.6 Å². The van der Waals surface area contributed by atoms with Crippen molar-refractivity contribution in [2.45, 2.75) is 38.5 Å². The summed E-state index contributed by atoms with van der Waals surface area (Å²) in [6.07, 6.45) is 0. The Hall–Kier alpha value is -0.970. The van der Waals surface area contributed by atoms with E-state index in [0.29, 0.717) is 12.1 Å². The average molecular weight is 254 g/mol. The lowest BCUT2D eigenvalue weighted by Gasteiger charge is -2.35. The summed E-state index contributed by atoms with van der Waals surface area (Å²) in [6.45, 7) is 5.72. The SMILES string of the molecule is CC(N)C(c1ccccc1F)N(C)CC(C)(C)O. The maximum absolute atomic E-state index is 13.8. The van der Waals surface area contributed by atoms with E-state index in [1.54, 1.807) is 32.0 Å². The third kappa shape index (κ3) is 4.05. The molecule has 0 aliphatic heterocycles. The minimum Gasteiger partial charge on any atom is -0.389 e. The number of aliphatic hydroxyl groups is 1. The van der Waals surface area contributed by atoms with Gasteiger partial charge >= 0.3 is 0 Å². The molecule has 0 fully saturated rings. The second kappa shape index (κ2) is 5.78. The van der Waals surface area contributed by atoms with Crippen molar-refractivity contribution in [3.05, 3.63) is 35.6 Å². The van der Waals surface area contributed by atoms with Crippen LogP contribution in [-0.4, -0.2) is 35.2 Å². The zero-order valence-electron chi connectivity index (χ0n) is 11.5. The predicted molar refractivity (Wildman–Crippen MR) is 71.7 cm³/mol. The first kappa shape index (κ1) is 15.1. The van der Waals surface area contributed by atoms with Gasteiger partial charge in [-0.15, -0.1) is 0 Å². The standard InChI is InChI=1S/C14H23FN2O/c1-10(16)13(17(4)9-14(2,3)18)11-7-5-6-8-12(11)15/h5-8,10,13,18H,9,16H2,1-4H3. The third-order valence-electron chi connectivity index (χ3n) is 2.83. The molecule has 0 aromatic heterocycles. The molecule has 2 unspecified atom stereocenters. The minimum atomic E-state index is -0.840. The zero-order valence-corrected chi connectivity index (χ0v) is 11.5. The average Bonchev–Trinajstić information content (AvgIpc) is 2.17.